The van der Waals surface area contributed by atoms with E-state index in [2.05, 4.69) is 10.00 Å². The second kappa shape index (κ2) is 9.18. The van der Waals surface area contributed by atoms with Gasteiger partial charge in [0.25, 0.3) is 5.56 Å². The van der Waals surface area contributed by atoms with Gasteiger partial charge < -0.3 is 14.5 Å². The van der Waals surface area contributed by atoms with Gasteiger partial charge in [-0.25, -0.2) is 4.68 Å². The average Bonchev–Trinajstić information content (AvgIpc) is 2.92. The van der Waals surface area contributed by atoms with Crippen LogP contribution < -0.4 is 5.56 Å². The van der Waals surface area contributed by atoms with Crippen LogP contribution in [-0.2, 0) is 28.9 Å². The molecule has 154 valence electrons. The van der Waals surface area contributed by atoms with Crippen LogP contribution in [0.25, 0.3) is 0 Å². The number of rotatable bonds is 5. The van der Waals surface area contributed by atoms with Crippen molar-refractivity contribution in [2.45, 2.75) is 51.5 Å². The molecule has 0 radical (unpaired) electrons. The Morgan fingerprint density at radius 3 is 2.68 bits per heavy atom. The fraction of sp³-hybridized carbons (Fsp3) is 0.762. The Morgan fingerprint density at radius 1 is 1.00 bits per heavy atom. The number of carbonyl (C=O) groups is 1. The fourth-order valence-corrected chi connectivity index (χ4v) is 4.59. The number of carbonyl (C=O) groups excluding carboxylic acids is 1. The zero-order valence-electron chi connectivity index (χ0n) is 16.8. The van der Waals surface area contributed by atoms with Gasteiger partial charge in [0, 0.05) is 32.2 Å². The van der Waals surface area contributed by atoms with E-state index in [-0.39, 0.29) is 11.5 Å². The summed E-state index contributed by atoms with van der Waals surface area (Å²) >= 11 is 0. The van der Waals surface area contributed by atoms with Crippen molar-refractivity contribution >= 4 is 5.91 Å². The summed E-state index contributed by atoms with van der Waals surface area (Å²) in [6.45, 7) is 6.43. The highest BCUT2D eigenvalue weighted by Crippen LogP contribution is 2.20. The molecule has 1 aromatic heterocycles. The summed E-state index contributed by atoms with van der Waals surface area (Å²) in [5.41, 5.74) is 2.36. The summed E-state index contributed by atoms with van der Waals surface area (Å²) in [5.74, 6) is 0.724. The number of likely N-dealkylation sites (tertiary alicyclic amines) is 1. The van der Waals surface area contributed by atoms with Gasteiger partial charge in [-0.05, 0) is 63.1 Å². The van der Waals surface area contributed by atoms with E-state index in [0.717, 1.165) is 69.7 Å². The molecule has 0 saturated carbocycles. The highest BCUT2D eigenvalue weighted by molar-refractivity contribution is 5.76. The minimum atomic E-state index is 0.0602. The first kappa shape index (κ1) is 19.6. The van der Waals surface area contributed by atoms with Crippen LogP contribution in [0.3, 0.4) is 0 Å². The van der Waals surface area contributed by atoms with Crippen LogP contribution in [0.4, 0.5) is 0 Å². The maximum absolute atomic E-state index is 12.4. The molecular formula is C21H32N4O3. The van der Waals surface area contributed by atoms with Crippen molar-refractivity contribution in [3.05, 3.63) is 27.7 Å². The summed E-state index contributed by atoms with van der Waals surface area (Å²) in [7, 11) is 0. The maximum atomic E-state index is 12.4. The van der Waals surface area contributed by atoms with Gasteiger partial charge in [-0.1, -0.05) is 0 Å². The number of aromatic nitrogens is 2. The third-order valence-electron chi connectivity index (χ3n) is 6.42. The highest BCUT2D eigenvalue weighted by atomic mass is 16.5. The number of hydrogen-bond donors (Lipinski definition) is 0. The van der Waals surface area contributed by atoms with Crippen LogP contribution in [0.2, 0.25) is 0 Å². The van der Waals surface area contributed by atoms with Crippen molar-refractivity contribution in [2.24, 2.45) is 5.92 Å². The third kappa shape index (κ3) is 4.81. The second-order valence-electron chi connectivity index (χ2n) is 8.37. The molecule has 28 heavy (non-hydrogen) atoms. The summed E-state index contributed by atoms with van der Waals surface area (Å²) in [5, 5.41) is 4.68. The monoisotopic (exact) mass is 388 g/mol. The van der Waals surface area contributed by atoms with Gasteiger partial charge in [0.2, 0.25) is 5.91 Å². The van der Waals surface area contributed by atoms with Gasteiger partial charge in [0.05, 0.1) is 25.3 Å². The van der Waals surface area contributed by atoms with Crippen molar-refractivity contribution in [1.82, 2.24) is 19.6 Å². The van der Waals surface area contributed by atoms with Crippen LogP contribution in [0.15, 0.2) is 10.9 Å². The molecule has 7 nitrogen and oxygen atoms in total. The Hall–Kier alpha value is -1.73. The van der Waals surface area contributed by atoms with E-state index in [1.165, 1.54) is 12.8 Å². The SMILES string of the molecule is O=C1CCOCCN1CCN1CCC(Cn2nc3c(cc2=O)CCCC3)CC1. The number of nitrogens with zero attached hydrogens (tertiary/aromatic N) is 4. The molecule has 2 fully saturated rings. The first-order chi connectivity index (χ1) is 13.7. The van der Waals surface area contributed by atoms with Gasteiger partial charge in [-0.15, -0.1) is 0 Å². The number of piperidine rings is 1. The number of amides is 1. The second-order valence-corrected chi connectivity index (χ2v) is 8.37. The largest absolute Gasteiger partial charge is 0.379 e. The molecule has 2 aliphatic heterocycles. The Bertz CT molecular complexity index is 740. The van der Waals surface area contributed by atoms with Gasteiger partial charge in [0.15, 0.2) is 0 Å². The standard InChI is InChI=1S/C21H32N4O3/c26-20-7-13-28-14-12-24(20)11-10-23-8-5-17(6-9-23)16-25-21(27)15-18-3-1-2-4-19(18)22-25/h15,17H,1-14,16H2. The van der Waals surface area contributed by atoms with Gasteiger partial charge >= 0.3 is 0 Å². The minimum Gasteiger partial charge on any atom is -0.379 e. The molecule has 4 rings (SSSR count). The molecule has 0 unspecified atom stereocenters. The molecule has 1 amide bonds. The Kier molecular flexibility index (Phi) is 6.42. The van der Waals surface area contributed by atoms with E-state index in [1.807, 2.05) is 11.0 Å². The van der Waals surface area contributed by atoms with Crippen LogP contribution in [0.1, 0.15) is 43.4 Å². The van der Waals surface area contributed by atoms with E-state index >= 15 is 0 Å². The predicted octanol–water partition coefficient (Wildman–Crippen LogP) is 1.08. The first-order valence-corrected chi connectivity index (χ1v) is 10.9. The molecule has 0 atom stereocenters. The van der Waals surface area contributed by atoms with Crippen molar-refractivity contribution in [3.63, 3.8) is 0 Å². The minimum absolute atomic E-state index is 0.0602. The molecular weight excluding hydrogens is 356 g/mol. The first-order valence-electron chi connectivity index (χ1n) is 10.9. The summed E-state index contributed by atoms with van der Waals surface area (Å²) in [6.07, 6.45) is 7.04. The summed E-state index contributed by atoms with van der Waals surface area (Å²) < 4.78 is 7.10. The summed E-state index contributed by atoms with van der Waals surface area (Å²) in [6, 6.07) is 1.82. The zero-order valence-corrected chi connectivity index (χ0v) is 16.8. The number of ether oxygens (including phenoxy) is 1. The van der Waals surface area contributed by atoms with E-state index in [0.29, 0.717) is 32.1 Å². The van der Waals surface area contributed by atoms with E-state index in [1.54, 1.807) is 4.68 Å². The zero-order chi connectivity index (χ0) is 19.3. The lowest BCUT2D eigenvalue weighted by Crippen LogP contribution is -2.43. The molecule has 2 saturated heterocycles. The lowest BCUT2D eigenvalue weighted by atomic mass is 9.96. The summed E-state index contributed by atoms with van der Waals surface area (Å²) in [4.78, 5) is 28.9. The van der Waals surface area contributed by atoms with Crippen LogP contribution in [0.5, 0.6) is 0 Å². The van der Waals surface area contributed by atoms with Crippen LogP contribution in [0, 0.1) is 5.92 Å². The van der Waals surface area contributed by atoms with Crippen LogP contribution in [-0.4, -0.2) is 71.4 Å². The fourth-order valence-electron chi connectivity index (χ4n) is 4.59. The number of aryl methyl sites for hydroxylation is 2. The van der Waals surface area contributed by atoms with Crippen LogP contribution >= 0.6 is 0 Å². The van der Waals surface area contributed by atoms with Crippen molar-refractivity contribution in [1.29, 1.82) is 0 Å². The van der Waals surface area contributed by atoms with E-state index < -0.39 is 0 Å². The Balaban J connectivity index is 1.25. The van der Waals surface area contributed by atoms with Gasteiger partial charge in [-0.2, -0.15) is 5.10 Å². The highest BCUT2D eigenvalue weighted by Gasteiger charge is 2.23. The molecule has 3 heterocycles. The van der Waals surface area contributed by atoms with Gasteiger partial charge in [0.1, 0.15) is 0 Å². The van der Waals surface area contributed by atoms with E-state index in [9.17, 15) is 9.59 Å². The van der Waals surface area contributed by atoms with Gasteiger partial charge in [-0.3, -0.25) is 9.59 Å². The maximum Gasteiger partial charge on any atom is 0.267 e. The predicted molar refractivity (Wildman–Crippen MR) is 106 cm³/mol. The number of fused-ring (bicyclic) bond motifs is 1. The normalized spacial score (nSPS) is 22.1. The molecule has 7 heteroatoms. The molecule has 0 N–H and O–H groups in total. The van der Waals surface area contributed by atoms with Crippen molar-refractivity contribution in [3.8, 4) is 0 Å². The van der Waals surface area contributed by atoms with Crippen molar-refractivity contribution < 1.29 is 9.53 Å². The quantitative estimate of drug-likeness (QED) is 0.755. The third-order valence-corrected chi connectivity index (χ3v) is 6.42. The Morgan fingerprint density at radius 2 is 1.82 bits per heavy atom. The average molecular weight is 389 g/mol. The molecule has 1 aromatic rings. The Labute approximate surface area is 166 Å². The molecule has 1 aliphatic carbocycles. The van der Waals surface area contributed by atoms with E-state index in [4.69, 9.17) is 4.74 Å². The van der Waals surface area contributed by atoms with Crippen molar-refractivity contribution in [2.75, 3.05) is 45.9 Å². The topological polar surface area (TPSA) is 67.7 Å². The molecule has 0 spiro atoms. The lowest BCUT2D eigenvalue weighted by molar-refractivity contribution is -0.130. The number of hydrogen-bond acceptors (Lipinski definition) is 5. The molecule has 3 aliphatic rings. The molecule has 0 aromatic carbocycles. The smallest absolute Gasteiger partial charge is 0.267 e. The molecule has 0 bridgehead atoms. The lowest BCUT2D eigenvalue weighted by Gasteiger charge is -2.33.